The number of methoxy groups -OCH3 is 1. The van der Waals surface area contributed by atoms with Gasteiger partial charge in [0, 0.05) is 18.7 Å². The number of hydrogen-bond donors (Lipinski definition) is 2. The molecule has 0 bridgehead atoms. The molecule has 0 unspecified atom stereocenters. The number of nitrogens with two attached hydrogens (primary N) is 1. The van der Waals surface area contributed by atoms with Crippen LogP contribution in [0.25, 0.3) is 10.2 Å². The molecular weight excluding hydrogens is 428 g/mol. The van der Waals surface area contributed by atoms with Crippen molar-refractivity contribution in [1.29, 1.82) is 5.41 Å². The SMILES string of the molecule is CCN(CC(C)(C)C(=O)OC)c1nc2ccc(C(=O)Oc3ccc(C(=N)N)cc3)cc2s1. The highest BCUT2D eigenvalue weighted by Gasteiger charge is 2.31. The van der Waals surface area contributed by atoms with Crippen molar-refractivity contribution in [2.24, 2.45) is 11.1 Å². The molecule has 0 spiro atoms. The lowest BCUT2D eigenvalue weighted by Crippen LogP contribution is -2.40. The number of ether oxygens (including phenoxy) is 2. The van der Waals surface area contributed by atoms with Crippen molar-refractivity contribution in [3.63, 3.8) is 0 Å². The van der Waals surface area contributed by atoms with Gasteiger partial charge in [-0.25, -0.2) is 9.78 Å². The first kappa shape index (κ1) is 23.2. The molecule has 3 rings (SSSR count). The van der Waals surface area contributed by atoms with Gasteiger partial charge in [-0.3, -0.25) is 10.2 Å². The van der Waals surface area contributed by atoms with E-state index in [2.05, 4.69) is 4.98 Å². The summed E-state index contributed by atoms with van der Waals surface area (Å²) in [5.74, 6) is -0.451. The van der Waals surface area contributed by atoms with Crippen LogP contribution in [0, 0.1) is 10.8 Å². The molecule has 0 radical (unpaired) electrons. The number of amidine groups is 1. The number of benzene rings is 2. The van der Waals surface area contributed by atoms with E-state index in [1.807, 2.05) is 25.7 Å². The number of carbonyl (C=O) groups is 2. The Morgan fingerprint density at radius 2 is 1.81 bits per heavy atom. The first-order chi connectivity index (χ1) is 15.1. The Kier molecular flexibility index (Phi) is 6.78. The summed E-state index contributed by atoms with van der Waals surface area (Å²) in [7, 11) is 1.39. The first-order valence-corrected chi connectivity index (χ1v) is 10.9. The molecule has 0 aliphatic carbocycles. The lowest BCUT2D eigenvalue weighted by molar-refractivity contribution is -0.150. The minimum atomic E-state index is -0.685. The summed E-state index contributed by atoms with van der Waals surface area (Å²) >= 11 is 1.45. The van der Waals surface area contributed by atoms with Gasteiger partial charge in [0.2, 0.25) is 0 Å². The molecule has 0 aliphatic rings. The zero-order chi connectivity index (χ0) is 23.5. The number of nitrogens with zero attached hydrogens (tertiary/aromatic N) is 2. The number of nitrogen functional groups attached to an aromatic ring is 1. The van der Waals surface area contributed by atoms with Crippen molar-refractivity contribution < 1.29 is 19.1 Å². The van der Waals surface area contributed by atoms with Crippen molar-refractivity contribution in [3.05, 3.63) is 53.6 Å². The highest BCUT2D eigenvalue weighted by molar-refractivity contribution is 7.22. The topological polar surface area (TPSA) is 119 Å². The van der Waals surface area contributed by atoms with Gasteiger partial charge in [-0.05, 0) is 63.2 Å². The normalized spacial score (nSPS) is 11.2. The van der Waals surface area contributed by atoms with Crippen LogP contribution >= 0.6 is 11.3 Å². The zero-order valence-electron chi connectivity index (χ0n) is 18.5. The van der Waals surface area contributed by atoms with Crippen LogP contribution in [0.1, 0.15) is 36.7 Å². The number of nitrogens with one attached hydrogen (secondary N) is 1. The van der Waals surface area contributed by atoms with Crippen LogP contribution in [0.2, 0.25) is 0 Å². The van der Waals surface area contributed by atoms with Crippen LogP contribution in [-0.4, -0.2) is 43.0 Å². The third-order valence-corrected chi connectivity index (χ3v) is 6.04. The van der Waals surface area contributed by atoms with E-state index in [1.165, 1.54) is 18.4 Å². The number of carbonyl (C=O) groups excluding carboxylic acids is 2. The largest absolute Gasteiger partial charge is 0.469 e. The van der Waals surface area contributed by atoms with Crippen LogP contribution in [0.15, 0.2) is 42.5 Å². The Hall–Kier alpha value is -3.46. The smallest absolute Gasteiger partial charge is 0.343 e. The molecule has 0 fully saturated rings. The molecule has 0 aliphatic heterocycles. The summed E-state index contributed by atoms with van der Waals surface area (Å²) in [6, 6.07) is 11.6. The molecule has 0 saturated carbocycles. The highest BCUT2D eigenvalue weighted by atomic mass is 32.1. The molecule has 1 aromatic heterocycles. The summed E-state index contributed by atoms with van der Waals surface area (Å²) in [6.07, 6.45) is 0. The second kappa shape index (κ2) is 9.35. The second-order valence-electron chi connectivity index (χ2n) is 7.90. The predicted molar refractivity (Wildman–Crippen MR) is 126 cm³/mol. The van der Waals surface area contributed by atoms with Gasteiger partial charge in [0.05, 0.1) is 28.3 Å². The van der Waals surface area contributed by atoms with E-state index in [0.29, 0.717) is 30.0 Å². The molecule has 32 heavy (non-hydrogen) atoms. The molecule has 168 valence electrons. The van der Waals surface area contributed by atoms with E-state index in [1.54, 1.807) is 42.5 Å². The number of thiazole rings is 1. The fourth-order valence-corrected chi connectivity index (χ4v) is 4.24. The lowest BCUT2D eigenvalue weighted by Gasteiger charge is -2.29. The van der Waals surface area contributed by atoms with Gasteiger partial charge in [0.15, 0.2) is 5.13 Å². The molecule has 0 amide bonds. The molecule has 0 saturated heterocycles. The molecule has 1 heterocycles. The molecule has 2 aromatic carbocycles. The standard InChI is InChI=1S/C23H26N4O4S/c1-5-27(13-23(2,3)21(29)30-4)22-26-17-11-8-15(12-18(17)32-22)20(28)31-16-9-6-14(7-10-16)19(24)25/h6-12H,5,13H2,1-4H3,(H3,24,25). The Balaban J connectivity index is 1.79. The maximum Gasteiger partial charge on any atom is 0.343 e. The summed E-state index contributed by atoms with van der Waals surface area (Å²) in [5, 5.41) is 8.19. The molecular formula is C23H26N4O4S. The highest BCUT2D eigenvalue weighted by Crippen LogP contribution is 2.32. The predicted octanol–water partition coefficient (Wildman–Crippen LogP) is 3.83. The van der Waals surface area contributed by atoms with E-state index in [0.717, 1.165) is 15.3 Å². The quantitative estimate of drug-likeness (QED) is 0.230. The lowest BCUT2D eigenvalue weighted by atomic mass is 9.93. The van der Waals surface area contributed by atoms with Crippen LogP contribution in [0.4, 0.5) is 5.13 Å². The molecule has 9 heteroatoms. The number of hydrogen-bond acceptors (Lipinski definition) is 8. The van der Waals surface area contributed by atoms with Gasteiger partial charge in [0.25, 0.3) is 0 Å². The Morgan fingerprint density at radius 3 is 2.41 bits per heavy atom. The summed E-state index contributed by atoms with van der Waals surface area (Å²) < 4.78 is 11.2. The summed E-state index contributed by atoms with van der Waals surface area (Å²) in [6.45, 7) is 6.81. The van der Waals surface area contributed by atoms with E-state index < -0.39 is 11.4 Å². The minimum absolute atomic E-state index is 0.0505. The van der Waals surface area contributed by atoms with Gasteiger partial charge in [-0.2, -0.15) is 0 Å². The Morgan fingerprint density at radius 1 is 1.16 bits per heavy atom. The number of esters is 2. The molecule has 3 aromatic rings. The maximum atomic E-state index is 12.6. The Bertz CT molecular complexity index is 1150. The molecule has 8 nitrogen and oxygen atoms in total. The molecule has 0 atom stereocenters. The third-order valence-electron chi connectivity index (χ3n) is 4.97. The van der Waals surface area contributed by atoms with Gasteiger partial charge in [-0.15, -0.1) is 0 Å². The number of rotatable bonds is 8. The maximum absolute atomic E-state index is 12.6. The molecule has 3 N–H and O–H groups in total. The van der Waals surface area contributed by atoms with Crippen LogP contribution in [0.5, 0.6) is 5.75 Å². The fraction of sp³-hybridized carbons (Fsp3) is 0.304. The number of anilines is 1. The summed E-state index contributed by atoms with van der Waals surface area (Å²) in [4.78, 5) is 31.4. The van der Waals surface area contributed by atoms with Crippen molar-refractivity contribution in [3.8, 4) is 5.75 Å². The van der Waals surface area contributed by atoms with E-state index in [-0.39, 0.29) is 11.8 Å². The van der Waals surface area contributed by atoms with Crippen molar-refractivity contribution in [1.82, 2.24) is 4.98 Å². The zero-order valence-corrected chi connectivity index (χ0v) is 19.3. The third kappa shape index (κ3) is 5.05. The minimum Gasteiger partial charge on any atom is -0.469 e. The first-order valence-electron chi connectivity index (χ1n) is 10.0. The monoisotopic (exact) mass is 454 g/mol. The van der Waals surface area contributed by atoms with Gasteiger partial charge < -0.3 is 20.1 Å². The average Bonchev–Trinajstić information content (AvgIpc) is 3.20. The van der Waals surface area contributed by atoms with E-state index >= 15 is 0 Å². The second-order valence-corrected chi connectivity index (χ2v) is 8.91. The van der Waals surface area contributed by atoms with Crippen molar-refractivity contribution in [2.75, 3.05) is 25.1 Å². The average molecular weight is 455 g/mol. The Labute approximate surface area is 190 Å². The van der Waals surface area contributed by atoms with Gasteiger partial charge >= 0.3 is 11.9 Å². The van der Waals surface area contributed by atoms with Crippen molar-refractivity contribution >= 4 is 44.5 Å². The van der Waals surface area contributed by atoms with Crippen LogP contribution in [0.3, 0.4) is 0 Å². The van der Waals surface area contributed by atoms with Crippen molar-refractivity contribution in [2.45, 2.75) is 20.8 Å². The summed E-state index contributed by atoms with van der Waals surface area (Å²) in [5.41, 5.74) is 6.48. The van der Waals surface area contributed by atoms with E-state index in [9.17, 15) is 9.59 Å². The van der Waals surface area contributed by atoms with E-state index in [4.69, 9.17) is 20.6 Å². The number of aromatic nitrogens is 1. The number of fused-ring (bicyclic) bond motifs is 1. The van der Waals surface area contributed by atoms with Gasteiger partial charge in [-0.1, -0.05) is 11.3 Å². The fourth-order valence-electron chi connectivity index (χ4n) is 3.18. The van der Waals surface area contributed by atoms with Crippen LogP contribution in [-0.2, 0) is 9.53 Å². The van der Waals surface area contributed by atoms with Gasteiger partial charge in [0.1, 0.15) is 11.6 Å². The van der Waals surface area contributed by atoms with Crippen LogP contribution < -0.4 is 15.4 Å².